The Morgan fingerprint density at radius 2 is 1.00 bits per heavy atom. The molecule has 12 rings (SSSR count). The largest absolute Gasteiger partial charge is 0.455 e. The Bertz CT molecular complexity index is 3400. The van der Waals surface area contributed by atoms with Gasteiger partial charge in [0.25, 0.3) is 0 Å². The highest BCUT2D eigenvalue weighted by molar-refractivity contribution is 6.18. The summed E-state index contributed by atoms with van der Waals surface area (Å²) in [4.78, 5) is 2.41. The second-order valence-electron chi connectivity index (χ2n) is 15.6. The molecule has 0 radical (unpaired) electrons. The Balaban J connectivity index is 1.06. The first kappa shape index (κ1) is 31.3. The molecule has 0 aliphatic heterocycles. The molecule has 0 spiro atoms. The fourth-order valence-corrected chi connectivity index (χ4v) is 9.50. The molecule has 2 heterocycles. The van der Waals surface area contributed by atoms with Gasteiger partial charge in [-0.2, -0.15) is 0 Å². The summed E-state index contributed by atoms with van der Waals surface area (Å²) in [6, 6.07) is 63.4. The van der Waals surface area contributed by atoms with Crippen LogP contribution in [0, 0.1) is 0 Å². The molecule has 0 saturated heterocycles. The number of nitrogens with zero attached hydrogens (tertiary/aromatic N) is 1. The van der Waals surface area contributed by atoms with Crippen molar-refractivity contribution in [2.45, 2.75) is 19.3 Å². The molecule has 3 heteroatoms. The number of benzene rings is 9. The molecule has 264 valence electrons. The summed E-state index contributed by atoms with van der Waals surface area (Å²) >= 11 is 0. The molecule has 0 unspecified atom stereocenters. The van der Waals surface area contributed by atoms with Crippen LogP contribution in [0.5, 0.6) is 0 Å². The average molecular weight is 718 g/mol. The molecule has 0 fully saturated rings. The quantitative estimate of drug-likeness (QED) is 0.182. The summed E-state index contributed by atoms with van der Waals surface area (Å²) in [5.74, 6) is 0. The molecule has 1 aliphatic rings. The first-order valence-electron chi connectivity index (χ1n) is 19.3. The average Bonchev–Trinajstić information content (AvgIpc) is 3.90. The van der Waals surface area contributed by atoms with Crippen molar-refractivity contribution >= 4 is 82.5 Å². The minimum Gasteiger partial charge on any atom is -0.455 e. The predicted molar refractivity (Wildman–Crippen MR) is 234 cm³/mol. The van der Waals surface area contributed by atoms with E-state index >= 15 is 0 Å². The van der Waals surface area contributed by atoms with Crippen LogP contribution in [-0.4, -0.2) is 0 Å². The van der Waals surface area contributed by atoms with E-state index in [9.17, 15) is 0 Å². The minimum atomic E-state index is -0.135. The fourth-order valence-electron chi connectivity index (χ4n) is 9.50. The van der Waals surface area contributed by atoms with E-state index in [0.29, 0.717) is 0 Å². The second-order valence-corrected chi connectivity index (χ2v) is 15.6. The molecule has 9 aromatic carbocycles. The van der Waals surface area contributed by atoms with Crippen LogP contribution in [0.15, 0.2) is 185 Å². The Labute approximate surface area is 323 Å². The van der Waals surface area contributed by atoms with Crippen molar-refractivity contribution in [3.05, 3.63) is 187 Å². The van der Waals surface area contributed by atoms with E-state index in [2.05, 4.69) is 195 Å². The molecular weight excluding hydrogens is 683 g/mol. The van der Waals surface area contributed by atoms with Crippen LogP contribution in [-0.2, 0) is 5.41 Å². The van der Waals surface area contributed by atoms with Crippen LogP contribution in [0.25, 0.3) is 87.7 Å². The topological polar surface area (TPSA) is 29.5 Å². The minimum absolute atomic E-state index is 0.135. The lowest BCUT2D eigenvalue weighted by Crippen LogP contribution is -2.16. The molecule has 3 nitrogen and oxygen atoms in total. The maximum atomic E-state index is 6.99. The lowest BCUT2D eigenvalue weighted by Gasteiger charge is -2.29. The van der Waals surface area contributed by atoms with Gasteiger partial charge in [0.1, 0.15) is 16.7 Å². The molecule has 0 amide bonds. The van der Waals surface area contributed by atoms with Gasteiger partial charge in [-0.15, -0.1) is 0 Å². The third-order valence-corrected chi connectivity index (χ3v) is 12.3. The predicted octanol–water partition coefficient (Wildman–Crippen LogP) is 15.2. The van der Waals surface area contributed by atoms with Crippen LogP contribution >= 0.6 is 0 Å². The smallest absolute Gasteiger partial charge is 0.159 e. The Morgan fingerprint density at radius 3 is 1.79 bits per heavy atom. The first-order chi connectivity index (χ1) is 27.5. The Morgan fingerprint density at radius 1 is 0.411 bits per heavy atom. The standard InChI is InChI=1S/C53H35NO2/c1-53(2)44-17-8-7-15-42(44)49-45(53)18-10-19-46(49)54(47-20-9-16-39-40-28-23-34-12-4-6-14-38(34)51(40)56-52(39)47)36-26-21-32(22-27-36)35-25-30-48-43(31-35)41-29-24-33-11-3-5-13-37(33)50(41)55-48/h3-31H,1-2H3. The lowest BCUT2D eigenvalue weighted by atomic mass is 9.82. The number of hydrogen-bond donors (Lipinski definition) is 0. The highest BCUT2D eigenvalue weighted by atomic mass is 16.3. The highest BCUT2D eigenvalue weighted by Crippen LogP contribution is 2.55. The summed E-state index contributed by atoms with van der Waals surface area (Å²) in [6.07, 6.45) is 0. The molecule has 0 saturated carbocycles. The molecule has 2 aromatic heterocycles. The van der Waals surface area contributed by atoms with Crippen LogP contribution < -0.4 is 4.90 Å². The zero-order valence-electron chi connectivity index (χ0n) is 31.0. The van der Waals surface area contributed by atoms with Crippen molar-refractivity contribution in [1.82, 2.24) is 0 Å². The number of hydrogen-bond acceptors (Lipinski definition) is 3. The van der Waals surface area contributed by atoms with Gasteiger partial charge in [0.15, 0.2) is 5.58 Å². The molecule has 1 aliphatic carbocycles. The molecular formula is C53H35NO2. The van der Waals surface area contributed by atoms with Gasteiger partial charge in [-0.3, -0.25) is 0 Å². The lowest BCUT2D eigenvalue weighted by molar-refractivity contribution is 0.660. The maximum Gasteiger partial charge on any atom is 0.159 e. The fraction of sp³-hybridized carbons (Fsp3) is 0.0566. The van der Waals surface area contributed by atoms with E-state index in [-0.39, 0.29) is 5.41 Å². The molecule has 11 aromatic rings. The summed E-state index contributed by atoms with van der Waals surface area (Å²) in [5, 5.41) is 9.09. The van der Waals surface area contributed by atoms with Crippen molar-refractivity contribution in [2.24, 2.45) is 0 Å². The number of furan rings is 2. The van der Waals surface area contributed by atoms with E-state index < -0.39 is 0 Å². The van der Waals surface area contributed by atoms with Gasteiger partial charge in [-0.05, 0) is 87.1 Å². The van der Waals surface area contributed by atoms with Crippen molar-refractivity contribution in [3.63, 3.8) is 0 Å². The summed E-state index contributed by atoms with van der Waals surface area (Å²) in [5.41, 5.74) is 14.2. The van der Waals surface area contributed by atoms with Crippen LogP contribution in [0.1, 0.15) is 25.0 Å². The van der Waals surface area contributed by atoms with Gasteiger partial charge in [0.05, 0.1) is 11.4 Å². The number of rotatable bonds is 4. The van der Waals surface area contributed by atoms with Crippen LogP contribution in [0.3, 0.4) is 0 Å². The van der Waals surface area contributed by atoms with Crippen molar-refractivity contribution < 1.29 is 8.83 Å². The highest BCUT2D eigenvalue weighted by Gasteiger charge is 2.38. The Kier molecular flexibility index (Phi) is 6.40. The van der Waals surface area contributed by atoms with Gasteiger partial charge < -0.3 is 13.7 Å². The van der Waals surface area contributed by atoms with Gasteiger partial charge in [0, 0.05) is 49.0 Å². The van der Waals surface area contributed by atoms with Crippen molar-refractivity contribution in [1.29, 1.82) is 0 Å². The molecule has 0 atom stereocenters. The van der Waals surface area contributed by atoms with Gasteiger partial charge in [-0.1, -0.05) is 141 Å². The zero-order chi connectivity index (χ0) is 37.1. The van der Waals surface area contributed by atoms with E-state index in [0.717, 1.165) is 82.8 Å². The molecule has 0 bridgehead atoms. The third-order valence-electron chi connectivity index (χ3n) is 12.3. The van der Waals surface area contributed by atoms with E-state index in [4.69, 9.17) is 8.83 Å². The van der Waals surface area contributed by atoms with Crippen molar-refractivity contribution in [3.8, 4) is 22.3 Å². The van der Waals surface area contributed by atoms with E-state index in [1.54, 1.807) is 0 Å². The second kappa shape index (κ2) is 11.5. The summed E-state index contributed by atoms with van der Waals surface area (Å²) in [6.45, 7) is 4.68. The zero-order valence-corrected chi connectivity index (χ0v) is 31.0. The van der Waals surface area contributed by atoms with E-state index in [1.165, 1.54) is 33.0 Å². The first-order valence-corrected chi connectivity index (χ1v) is 19.3. The van der Waals surface area contributed by atoms with Gasteiger partial charge in [-0.25, -0.2) is 0 Å². The summed E-state index contributed by atoms with van der Waals surface area (Å²) in [7, 11) is 0. The Hall–Kier alpha value is -7.10. The molecule has 56 heavy (non-hydrogen) atoms. The SMILES string of the molecule is CC1(C)c2ccccc2-c2c(N(c3ccc(-c4ccc5oc6c7ccccc7ccc6c5c4)cc3)c3cccc4c3oc3c5ccccc5ccc43)cccc21. The van der Waals surface area contributed by atoms with Crippen molar-refractivity contribution in [2.75, 3.05) is 4.90 Å². The number of fused-ring (bicyclic) bond motifs is 13. The normalized spacial score (nSPS) is 13.3. The number of anilines is 3. The van der Waals surface area contributed by atoms with Gasteiger partial charge >= 0.3 is 0 Å². The molecule has 0 N–H and O–H groups in total. The summed E-state index contributed by atoms with van der Waals surface area (Å²) < 4.78 is 13.4. The van der Waals surface area contributed by atoms with E-state index in [1.807, 2.05) is 0 Å². The monoisotopic (exact) mass is 717 g/mol. The van der Waals surface area contributed by atoms with Gasteiger partial charge in [0.2, 0.25) is 0 Å². The number of para-hydroxylation sites is 1. The third kappa shape index (κ3) is 4.34. The maximum absolute atomic E-state index is 6.99. The van der Waals surface area contributed by atoms with Crippen LogP contribution in [0.2, 0.25) is 0 Å². The van der Waals surface area contributed by atoms with Crippen LogP contribution in [0.4, 0.5) is 17.1 Å².